The van der Waals surface area contributed by atoms with E-state index in [0.717, 1.165) is 46.3 Å². The van der Waals surface area contributed by atoms with Gasteiger partial charge in [-0.25, -0.2) is 4.98 Å². The van der Waals surface area contributed by atoms with Crippen molar-refractivity contribution in [2.45, 2.75) is 19.9 Å². The Morgan fingerprint density at radius 1 is 1.04 bits per heavy atom. The number of imidazole rings is 1. The molecule has 0 fully saturated rings. The van der Waals surface area contributed by atoms with E-state index in [-0.39, 0.29) is 12.5 Å². The van der Waals surface area contributed by atoms with E-state index >= 15 is 0 Å². The fraction of sp³-hybridized carbons (Fsp3) is 0.217. The van der Waals surface area contributed by atoms with Gasteiger partial charge in [-0.15, -0.1) is 0 Å². The third-order valence-corrected chi connectivity index (χ3v) is 4.83. The number of hydrogen-bond acceptors (Lipinski definition) is 3. The molecule has 1 heterocycles. The SMILES string of the molecule is Cc1nc2ccccc2n1CCCNC(=O)COc1cccc2ccccc12. The molecule has 3 aromatic carbocycles. The van der Waals surface area contributed by atoms with Gasteiger partial charge in [0, 0.05) is 18.5 Å². The predicted octanol–water partition coefficient (Wildman–Crippen LogP) is 4.08. The van der Waals surface area contributed by atoms with Crippen LogP contribution in [0.15, 0.2) is 66.7 Å². The minimum absolute atomic E-state index is 0.0149. The topological polar surface area (TPSA) is 56.2 Å². The predicted molar refractivity (Wildman–Crippen MR) is 112 cm³/mol. The Bertz CT molecular complexity index is 1110. The summed E-state index contributed by atoms with van der Waals surface area (Å²) in [6, 6.07) is 22.0. The zero-order valence-electron chi connectivity index (χ0n) is 15.9. The van der Waals surface area contributed by atoms with Gasteiger partial charge in [-0.2, -0.15) is 0 Å². The Morgan fingerprint density at radius 3 is 2.75 bits per heavy atom. The van der Waals surface area contributed by atoms with Crippen LogP contribution in [0.1, 0.15) is 12.2 Å². The molecule has 1 N–H and O–H groups in total. The number of nitrogens with one attached hydrogen (secondary N) is 1. The average Bonchev–Trinajstić information content (AvgIpc) is 3.04. The third-order valence-electron chi connectivity index (χ3n) is 4.83. The molecule has 0 aliphatic heterocycles. The first-order valence-corrected chi connectivity index (χ1v) is 9.51. The van der Waals surface area contributed by atoms with Crippen molar-refractivity contribution in [1.82, 2.24) is 14.9 Å². The van der Waals surface area contributed by atoms with Crippen molar-refractivity contribution < 1.29 is 9.53 Å². The lowest BCUT2D eigenvalue weighted by Crippen LogP contribution is -2.30. The van der Waals surface area contributed by atoms with Gasteiger partial charge < -0.3 is 14.6 Å². The van der Waals surface area contributed by atoms with Crippen molar-refractivity contribution >= 4 is 27.7 Å². The summed E-state index contributed by atoms with van der Waals surface area (Å²) in [5.41, 5.74) is 2.14. The molecule has 28 heavy (non-hydrogen) atoms. The molecule has 4 aromatic rings. The first kappa shape index (κ1) is 18.0. The van der Waals surface area contributed by atoms with Crippen LogP contribution >= 0.6 is 0 Å². The molecule has 1 aromatic heterocycles. The average molecular weight is 373 g/mol. The van der Waals surface area contributed by atoms with Crippen molar-refractivity contribution in [1.29, 1.82) is 0 Å². The van der Waals surface area contributed by atoms with Crippen molar-refractivity contribution in [2.75, 3.05) is 13.2 Å². The van der Waals surface area contributed by atoms with E-state index < -0.39 is 0 Å². The zero-order valence-corrected chi connectivity index (χ0v) is 15.9. The first-order chi connectivity index (χ1) is 13.7. The number of aryl methyl sites for hydroxylation is 2. The Hall–Kier alpha value is -3.34. The van der Waals surface area contributed by atoms with Gasteiger partial charge in [-0.05, 0) is 36.9 Å². The summed E-state index contributed by atoms with van der Waals surface area (Å²) in [6.07, 6.45) is 0.835. The minimum atomic E-state index is -0.111. The second-order valence-corrected chi connectivity index (χ2v) is 6.77. The second-order valence-electron chi connectivity index (χ2n) is 6.77. The van der Waals surface area contributed by atoms with Gasteiger partial charge in [0.1, 0.15) is 11.6 Å². The quantitative estimate of drug-likeness (QED) is 0.497. The van der Waals surface area contributed by atoms with E-state index in [0.29, 0.717) is 6.54 Å². The van der Waals surface area contributed by atoms with Crippen LogP contribution in [0, 0.1) is 6.92 Å². The molecule has 5 heteroatoms. The molecule has 142 valence electrons. The molecule has 0 saturated heterocycles. The Labute approximate surface area is 164 Å². The number of hydrogen-bond donors (Lipinski definition) is 1. The number of carbonyl (C=O) groups is 1. The van der Waals surface area contributed by atoms with Gasteiger partial charge in [0.25, 0.3) is 5.91 Å². The number of fused-ring (bicyclic) bond motifs is 2. The Balaban J connectivity index is 1.27. The number of ether oxygens (including phenoxy) is 1. The van der Waals surface area contributed by atoms with Crippen molar-refractivity contribution in [3.8, 4) is 5.75 Å². The van der Waals surface area contributed by atoms with Gasteiger partial charge in [0.15, 0.2) is 6.61 Å². The molecule has 0 unspecified atom stereocenters. The number of aromatic nitrogens is 2. The van der Waals surface area contributed by atoms with E-state index in [1.54, 1.807) is 0 Å². The molecule has 0 aliphatic rings. The van der Waals surface area contributed by atoms with Crippen LogP contribution in [0.2, 0.25) is 0 Å². The molecule has 0 spiro atoms. The molecular formula is C23H23N3O2. The van der Waals surface area contributed by atoms with Crippen LogP contribution in [-0.4, -0.2) is 28.6 Å². The zero-order chi connectivity index (χ0) is 19.3. The highest BCUT2D eigenvalue weighted by atomic mass is 16.5. The highest BCUT2D eigenvalue weighted by Crippen LogP contribution is 2.24. The number of carbonyl (C=O) groups excluding carboxylic acids is 1. The van der Waals surface area contributed by atoms with Gasteiger partial charge in [-0.3, -0.25) is 4.79 Å². The number of rotatable bonds is 7. The summed E-state index contributed by atoms with van der Waals surface area (Å²) in [6.45, 7) is 3.44. The lowest BCUT2D eigenvalue weighted by Gasteiger charge is -2.10. The van der Waals surface area contributed by atoms with Gasteiger partial charge in [0.2, 0.25) is 0 Å². The maximum atomic E-state index is 12.1. The molecule has 0 bridgehead atoms. The fourth-order valence-electron chi connectivity index (χ4n) is 3.46. The highest BCUT2D eigenvalue weighted by Gasteiger charge is 2.08. The summed E-state index contributed by atoms with van der Waals surface area (Å²) in [7, 11) is 0. The summed E-state index contributed by atoms with van der Waals surface area (Å²) in [5.74, 6) is 1.61. The van der Waals surface area contributed by atoms with Crippen LogP contribution in [0.5, 0.6) is 5.75 Å². The third kappa shape index (κ3) is 3.83. The summed E-state index contributed by atoms with van der Waals surface area (Å²) in [5, 5.41) is 5.05. The van der Waals surface area contributed by atoms with Gasteiger partial charge >= 0.3 is 0 Å². The molecule has 0 aliphatic carbocycles. The molecule has 1 amide bonds. The van der Waals surface area contributed by atoms with E-state index in [2.05, 4.69) is 20.9 Å². The van der Waals surface area contributed by atoms with Crippen molar-refractivity contribution in [3.05, 3.63) is 72.6 Å². The number of nitrogens with zero attached hydrogens (tertiary/aromatic N) is 2. The van der Waals surface area contributed by atoms with E-state index in [4.69, 9.17) is 4.74 Å². The van der Waals surface area contributed by atoms with E-state index in [9.17, 15) is 4.79 Å². The van der Waals surface area contributed by atoms with E-state index in [1.807, 2.05) is 67.6 Å². The maximum absolute atomic E-state index is 12.1. The lowest BCUT2D eigenvalue weighted by atomic mass is 10.1. The minimum Gasteiger partial charge on any atom is -0.483 e. The van der Waals surface area contributed by atoms with Crippen LogP contribution < -0.4 is 10.1 Å². The van der Waals surface area contributed by atoms with Crippen LogP contribution in [-0.2, 0) is 11.3 Å². The molecular weight excluding hydrogens is 350 g/mol. The van der Waals surface area contributed by atoms with Gasteiger partial charge in [-0.1, -0.05) is 48.5 Å². The van der Waals surface area contributed by atoms with E-state index in [1.165, 1.54) is 0 Å². The monoisotopic (exact) mass is 373 g/mol. The second kappa shape index (κ2) is 8.13. The Morgan fingerprint density at radius 2 is 1.82 bits per heavy atom. The van der Waals surface area contributed by atoms with Crippen LogP contribution in [0.3, 0.4) is 0 Å². The van der Waals surface area contributed by atoms with Crippen molar-refractivity contribution in [2.24, 2.45) is 0 Å². The summed E-state index contributed by atoms with van der Waals surface area (Å²) in [4.78, 5) is 16.7. The standard InChI is InChI=1S/C23H23N3O2/c1-17-25-20-11-4-5-12-21(20)26(17)15-7-14-24-23(27)16-28-22-13-6-9-18-8-2-3-10-19(18)22/h2-6,8-13H,7,14-16H2,1H3,(H,24,27). The smallest absolute Gasteiger partial charge is 0.257 e. The van der Waals surface area contributed by atoms with Crippen LogP contribution in [0.25, 0.3) is 21.8 Å². The molecule has 0 atom stereocenters. The largest absolute Gasteiger partial charge is 0.483 e. The van der Waals surface area contributed by atoms with Crippen LogP contribution in [0.4, 0.5) is 0 Å². The molecule has 4 rings (SSSR count). The number of para-hydroxylation sites is 2. The molecule has 0 radical (unpaired) electrons. The lowest BCUT2D eigenvalue weighted by molar-refractivity contribution is -0.123. The fourth-order valence-corrected chi connectivity index (χ4v) is 3.46. The normalized spacial score (nSPS) is 11.0. The molecule has 0 saturated carbocycles. The highest BCUT2D eigenvalue weighted by molar-refractivity contribution is 5.88. The Kier molecular flexibility index (Phi) is 5.24. The maximum Gasteiger partial charge on any atom is 0.257 e. The summed E-state index contributed by atoms with van der Waals surface area (Å²) >= 11 is 0. The first-order valence-electron chi connectivity index (χ1n) is 9.51. The number of benzene rings is 3. The van der Waals surface area contributed by atoms with Crippen molar-refractivity contribution in [3.63, 3.8) is 0 Å². The van der Waals surface area contributed by atoms with Gasteiger partial charge in [0.05, 0.1) is 11.0 Å². The number of amides is 1. The molecule has 5 nitrogen and oxygen atoms in total. The summed E-state index contributed by atoms with van der Waals surface area (Å²) < 4.78 is 7.92.